The highest BCUT2D eigenvalue weighted by molar-refractivity contribution is 5.78. The van der Waals surface area contributed by atoms with Gasteiger partial charge in [-0.3, -0.25) is 33.6 Å². The van der Waals surface area contributed by atoms with Gasteiger partial charge < -0.3 is 97.3 Å². The van der Waals surface area contributed by atoms with Crippen LogP contribution in [-0.2, 0) is 95.1 Å². The van der Waals surface area contributed by atoms with Crippen LogP contribution in [0.2, 0.25) is 0 Å². The summed E-state index contributed by atoms with van der Waals surface area (Å²) in [5.74, 6) is -3.54. The second kappa shape index (κ2) is 44.6. The second-order valence-electron chi connectivity index (χ2n) is 25.1. The molecule has 0 aliphatic carbocycles. The number of nitrogens with one attached hydrogen (secondary N) is 1. The van der Waals surface area contributed by atoms with Crippen molar-refractivity contribution in [2.75, 3.05) is 53.6 Å². The zero-order valence-electron chi connectivity index (χ0n) is 55.9. The molecule has 4 rings (SSSR count). The van der Waals surface area contributed by atoms with Gasteiger partial charge in [-0.05, 0) is 65.6 Å². The van der Waals surface area contributed by atoms with Crippen molar-refractivity contribution < 1.29 is 121 Å². The lowest BCUT2D eigenvalue weighted by Crippen LogP contribution is -2.65. The van der Waals surface area contributed by atoms with Gasteiger partial charge in [0.05, 0.1) is 38.6 Å². The van der Waals surface area contributed by atoms with Crippen LogP contribution in [0.1, 0.15) is 208 Å². The number of amides is 1. The van der Waals surface area contributed by atoms with Gasteiger partial charge in [0, 0.05) is 60.4 Å². The van der Waals surface area contributed by atoms with E-state index in [1.54, 1.807) is 0 Å². The molecule has 4 saturated heterocycles. The van der Waals surface area contributed by atoms with Crippen LogP contribution in [0.3, 0.4) is 0 Å². The number of unbranched alkanes of at least 4 members (excludes halogenated alkanes) is 17. The third-order valence-electron chi connectivity index (χ3n) is 16.6. The average Bonchev–Trinajstić information content (AvgIpc) is 0.809. The van der Waals surface area contributed by atoms with Crippen molar-refractivity contribution in [3.05, 3.63) is 0 Å². The van der Waals surface area contributed by atoms with Crippen molar-refractivity contribution in [1.29, 1.82) is 0 Å². The number of aliphatic hydroxyl groups is 5. The molecule has 27 nitrogen and oxygen atoms in total. The minimum Gasteiger partial charge on any atom is -0.456 e. The molecule has 4 heterocycles. The quantitative estimate of drug-likeness (QED) is 0.0270. The predicted molar refractivity (Wildman–Crippen MR) is 329 cm³/mol. The van der Waals surface area contributed by atoms with E-state index in [0.29, 0.717) is 44.9 Å². The van der Waals surface area contributed by atoms with E-state index in [2.05, 4.69) is 24.3 Å². The van der Waals surface area contributed by atoms with E-state index in [1.165, 1.54) is 25.7 Å². The summed E-state index contributed by atoms with van der Waals surface area (Å²) in [7, 11) is 4.15. The molecule has 532 valence electrons. The first-order valence-electron chi connectivity index (χ1n) is 33.8. The molecule has 1 amide bonds. The molecule has 0 radical (unpaired) electrons. The van der Waals surface area contributed by atoms with Crippen LogP contribution in [0.5, 0.6) is 0 Å². The number of carbonyl (C=O) groups is 7. The summed E-state index contributed by atoms with van der Waals surface area (Å²) in [6, 6.07) is 0. The third kappa shape index (κ3) is 30.3. The molecule has 16 unspecified atom stereocenters. The number of esters is 5. The molecule has 4 fully saturated rings. The van der Waals surface area contributed by atoms with Gasteiger partial charge >= 0.3 is 29.8 Å². The number of nitrogens with zero attached hydrogens (tertiary/aromatic N) is 1. The first-order chi connectivity index (χ1) is 44.0. The maximum Gasteiger partial charge on any atom is 0.303 e. The van der Waals surface area contributed by atoms with Crippen molar-refractivity contribution in [2.24, 2.45) is 0 Å². The Kier molecular flexibility index (Phi) is 39.0. The molecule has 92 heavy (non-hydrogen) atoms. The molecule has 18 atom stereocenters. The fourth-order valence-electron chi connectivity index (χ4n) is 11.7. The van der Waals surface area contributed by atoms with Crippen molar-refractivity contribution >= 4 is 41.5 Å². The summed E-state index contributed by atoms with van der Waals surface area (Å²) in [5, 5.41) is 61.3. The molecule has 6 N–H and O–H groups in total. The van der Waals surface area contributed by atoms with Crippen molar-refractivity contribution in [3.8, 4) is 0 Å². The Labute approximate surface area is 543 Å². The van der Waals surface area contributed by atoms with Gasteiger partial charge in [0.2, 0.25) is 5.91 Å². The monoisotopic (exact) mass is 1320 g/mol. The normalized spacial score (nSPS) is 29.0. The van der Waals surface area contributed by atoms with Gasteiger partial charge in [0.1, 0.15) is 48.5 Å². The van der Waals surface area contributed by atoms with Gasteiger partial charge in [-0.2, -0.15) is 0 Å². The maximum absolute atomic E-state index is 12.7. The van der Waals surface area contributed by atoms with E-state index in [9.17, 15) is 59.1 Å². The summed E-state index contributed by atoms with van der Waals surface area (Å²) >= 11 is 0. The molecule has 0 saturated carbocycles. The topological polar surface area (TPSA) is 356 Å². The SMILES string of the molecule is CCCCC[C@H](OC1OCC(O)C(OC2OCC(OC3OCC(OC(C)=O)C(OC(C)=O)C3OC(C)=O)C(O)C2O)C1OC1OCC(OC(C)=O)C(OC(C)=O)C1O)[C@@H](O)CCCCCCCC(=O)CCCCCCCCCCCCC(=O)NCCCCCN(C)C. The smallest absolute Gasteiger partial charge is 0.303 e. The van der Waals surface area contributed by atoms with Crippen LogP contribution in [0.15, 0.2) is 0 Å². The molecule has 27 heteroatoms. The first-order valence-corrected chi connectivity index (χ1v) is 33.8. The predicted octanol–water partition coefficient (Wildman–Crippen LogP) is 4.82. The Balaban J connectivity index is 1.30. The number of rotatable bonds is 45. The Morgan fingerprint density at radius 3 is 1.47 bits per heavy atom. The Morgan fingerprint density at radius 1 is 0.446 bits per heavy atom. The summed E-state index contributed by atoms with van der Waals surface area (Å²) in [4.78, 5) is 87.7. The molecule has 0 bridgehead atoms. The number of carbonyl (C=O) groups excluding carboxylic acids is 7. The van der Waals surface area contributed by atoms with Crippen LogP contribution in [-0.4, -0.2) is 236 Å². The van der Waals surface area contributed by atoms with Gasteiger partial charge in [0.15, 0.2) is 55.7 Å². The first kappa shape index (κ1) is 80.4. The van der Waals surface area contributed by atoms with E-state index in [-0.39, 0.29) is 11.7 Å². The zero-order chi connectivity index (χ0) is 67.5. The third-order valence-corrected chi connectivity index (χ3v) is 16.6. The number of ketones is 1. The summed E-state index contributed by atoms with van der Waals surface area (Å²) < 4.78 is 75.6. The highest BCUT2D eigenvalue weighted by Gasteiger charge is 2.54. The van der Waals surface area contributed by atoms with E-state index in [4.69, 9.17) is 61.6 Å². The molecule has 0 aromatic rings. The van der Waals surface area contributed by atoms with Crippen LogP contribution < -0.4 is 5.32 Å². The van der Waals surface area contributed by atoms with Crippen molar-refractivity contribution in [1.82, 2.24) is 10.2 Å². The largest absolute Gasteiger partial charge is 0.456 e. The number of hydrogen-bond acceptors (Lipinski definition) is 26. The van der Waals surface area contributed by atoms with E-state index in [1.807, 2.05) is 6.92 Å². The van der Waals surface area contributed by atoms with Gasteiger partial charge in [-0.25, -0.2) is 0 Å². The van der Waals surface area contributed by atoms with Crippen molar-refractivity contribution in [2.45, 2.75) is 319 Å². The van der Waals surface area contributed by atoms with E-state index >= 15 is 0 Å². The molecule has 0 aromatic carbocycles. The zero-order valence-corrected chi connectivity index (χ0v) is 55.9. The Bertz CT molecular complexity index is 2140. The highest BCUT2D eigenvalue weighted by Crippen LogP contribution is 2.35. The average molecular weight is 1320 g/mol. The number of ether oxygens (including phenoxy) is 13. The summed E-state index contributed by atoms with van der Waals surface area (Å²) in [5.41, 5.74) is 0. The highest BCUT2D eigenvalue weighted by atomic mass is 16.8. The minimum atomic E-state index is -1.95. The van der Waals surface area contributed by atoms with Gasteiger partial charge in [-0.15, -0.1) is 0 Å². The van der Waals surface area contributed by atoms with Crippen molar-refractivity contribution in [3.63, 3.8) is 0 Å². The molecular weight excluding hydrogens is 1210 g/mol. The second-order valence-corrected chi connectivity index (χ2v) is 25.1. The number of hydrogen-bond donors (Lipinski definition) is 6. The van der Waals surface area contributed by atoms with Crippen LogP contribution in [0.4, 0.5) is 0 Å². The lowest BCUT2D eigenvalue weighted by atomic mass is 9.98. The summed E-state index contributed by atoms with van der Waals surface area (Å²) in [6.45, 7) is 7.54. The molecule has 4 aliphatic heterocycles. The lowest BCUT2D eigenvalue weighted by Gasteiger charge is -2.47. The van der Waals surface area contributed by atoms with Crippen LogP contribution in [0, 0.1) is 0 Å². The Hall–Kier alpha value is -4.07. The number of Topliss-reactive ketones (excluding diaryl/α,β-unsaturated/α-hetero) is 1. The number of aliphatic hydroxyl groups excluding tert-OH is 5. The van der Waals surface area contributed by atoms with Gasteiger partial charge in [0.25, 0.3) is 0 Å². The molecule has 4 aliphatic rings. The fourth-order valence-corrected chi connectivity index (χ4v) is 11.7. The van der Waals surface area contributed by atoms with E-state index in [0.717, 1.165) is 144 Å². The van der Waals surface area contributed by atoms with E-state index < -0.39 is 167 Å². The fraction of sp³-hybridized carbons (Fsp3) is 0.892. The van der Waals surface area contributed by atoms with Gasteiger partial charge in [-0.1, -0.05) is 110 Å². The Morgan fingerprint density at radius 2 is 0.902 bits per heavy atom. The standard InChI is InChI=1S/C65H112N2O25/c1-9-10-23-33-49(47(74)32-26-20-17-19-25-31-46(73)30-24-18-15-13-11-12-14-16-21-27-34-53(76)66-35-28-22-29-36-67(7)8)89-64-60(92-63-56(79)58(86-43(4)70)51(39-82-63)84-41(2)68)57(48(75)37-80-64)91-62-55(78)54(77)50(38-81-62)90-65-61(88-45(6)72)59(87-44(5)71)52(40-83-65)85-42(3)69/h47-52,54-65,74-75,77-79H,9-40H2,1-8H3,(H,66,76)/t47-,48?,49-,50?,51?,52?,54?,55?,56?,57?,58?,59?,60?,61?,62?,63?,64?,65?/m0/s1. The molecule has 0 spiro atoms. The lowest BCUT2D eigenvalue weighted by molar-refractivity contribution is -0.379. The maximum atomic E-state index is 12.7. The molecule has 0 aromatic heterocycles. The minimum absolute atomic E-state index is 0.165. The summed E-state index contributed by atoms with van der Waals surface area (Å²) in [6.07, 6.45) is -4.13. The molecular formula is C65H112N2O25. The van der Waals surface area contributed by atoms with Crippen LogP contribution in [0.25, 0.3) is 0 Å². The van der Waals surface area contributed by atoms with Crippen LogP contribution >= 0.6 is 0 Å².